The van der Waals surface area contributed by atoms with Gasteiger partial charge in [-0.15, -0.1) is 0 Å². The highest BCUT2D eigenvalue weighted by molar-refractivity contribution is 6.06. The SMILES string of the molecule is CCOC(=O)c1c(-c2cccc(C(=O)NNc3cc(F)ccc3F)c2)c(C)n2c1-c1cc(OC)c(OC)cc1CC2. The van der Waals surface area contributed by atoms with E-state index in [0.717, 1.165) is 35.0 Å². The molecule has 0 spiro atoms. The third-order valence-corrected chi connectivity index (χ3v) is 7.12. The molecule has 0 fully saturated rings. The van der Waals surface area contributed by atoms with E-state index in [1.807, 2.05) is 25.1 Å². The van der Waals surface area contributed by atoms with Crippen molar-refractivity contribution in [1.29, 1.82) is 0 Å². The van der Waals surface area contributed by atoms with Crippen LogP contribution in [-0.2, 0) is 17.7 Å². The average molecular weight is 562 g/mol. The number of aryl methyl sites for hydroxylation is 1. The third-order valence-electron chi connectivity index (χ3n) is 7.12. The Bertz CT molecular complexity index is 1660. The van der Waals surface area contributed by atoms with Crippen LogP contribution in [0.5, 0.6) is 11.5 Å². The molecule has 3 aromatic carbocycles. The Morgan fingerprint density at radius 3 is 2.49 bits per heavy atom. The maximum atomic E-state index is 14.0. The fourth-order valence-electron chi connectivity index (χ4n) is 5.24. The van der Waals surface area contributed by atoms with Gasteiger partial charge in [0.15, 0.2) is 11.5 Å². The monoisotopic (exact) mass is 561 g/mol. The Morgan fingerprint density at radius 2 is 1.76 bits per heavy atom. The van der Waals surface area contributed by atoms with E-state index >= 15 is 0 Å². The summed E-state index contributed by atoms with van der Waals surface area (Å²) in [6.07, 6.45) is 0.713. The number of halogens is 2. The molecule has 1 aromatic heterocycles. The number of nitrogens with one attached hydrogen (secondary N) is 2. The molecule has 0 radical (unpaired) electrons. The quantitative estimate of drug-likeness (QED) is 0.205. The lowest BCUT2D eigenvalue weighted by Crippen LogP contribution is -2.29. The fourth-order valence-corrected chi connectivity index (χ4v) is 5.24. The summed E-state index contributed by atoms with van der Waals surface area (Å²) in [6.45, 7) is 4.48. The number of rotatable bonds is 8. The van der Waals surface area contributed by atoms with Crippen LogP contribution in [0.4, 0.5) is 14.5 Å². The standard InChI is InChI=1S/C31H29F2N3O5/c1-5-41-31(38)28-27(17(2)36-12-11-18-14-25(39-3)26(40-4)16-22(18)29(28)36)19-7-6-8-20(13-19)30(37)35-34-24-15-21(32)9-10-23(24)33/h6-10,13-16,34H,5,11-12H2,1-4H3,(H,35,37). The molecule has 1 aliphatic rings. The Labute approximate surface area is 235 Å². The lowest BCUT2D eigenvalue weighted by Gasteiger charge is -2.23. The number of amides is 1. The normalized spacial score (nSPS) is 11.8. The van der Waals surface area contributed by atoms with E-state index < -0.39 is 23.5 Å². The number of esters is 1. The van der Waals surface area contributed by atoms with Crippen molar-refractivity contribution in [3.05, 3.63) is 88.6 Å². The first kappa shape index (κ1) is 27.7. The zero-order valence-electron chi connectivity index (χ0n) is 23.1. The molecule has 0 aliphatic carbocycles. The molecule has 41 heavy (non-hydrogen) atoms. The molecule has 2 heterocycles. The van der Waals surface area contributed by atoms with Crippen molar-refractivity contribution in [2.45, 2.75) is 26.8 Å². The smallest absolute Gasteiger partial charge is 0.340 e. The molecule has 0 atom stereocenters. The predicted octanol–water partition coefficient (Wildman–Crippen LogP) is 5.92. The van der Waals surface area contributed by atoms with Gasteiger partial charge in [-0.1, -0.05) is 12.1 Å². The Balaban J connectivity index is 1.59. The molecule has 5 rings (SSSR count). The van der Waals surface area contributed by atoms with Crippen molar-refractivity contribution in [3.8, 4) is 33.9 Å². The summed E-state index contributed by atoms with van der Waals surface area (Å²) < 4.78 is 46.2. The largest absolute Gasteiger partial charge is 0.493 e. The zero-order valence-corrected chi connectivity index (χ0v) is 23.1. The number of nitrogens with zero attached hydrogens (tertiary/aromatic N) is 1. The molecule has 0 saturated heterocycles. The van der Waals surface area contributed by atoms with Crippen LogP contribution < -0.4 is 20.3 Å². The molecule has 2 N–H and O–H groups in total. The molecule has 0 unspecified atom stereocenters. The van der Waals surface area contributed by atoms with E-state index in [1.54, 1.807) is 39.3 Å². The first-order valence-corrected chi connectivity index (χ1v) is 13.0. The minimum atomic E-state index is -0.718. The molecule has 0 bridgehead atoms. The maximum Gasteiger partial charge on any atom is 0.340 e. The topological polar surface area (TPSA) is 90.8 Å². The van der Waals surface area contributed by atoms with Gasteiger partial charge in [0, 0.05) is 35.0 Å². The second-order valence-electron chi connectivity index (χ2n) is 9.45. The van der Waals surface area contributed by atoms with Gasteiger partial charge >= 0.3 is 5.97 Å². The number of carbonyl (C=O) groups is 2. The van der Waals surface area contributed by atoms with E-state index in [-0.39, 0.29) is 17.9 Å². The van der Waals surface area contributed by atoms with E-state index in [1.165, 1.54) is 0 Å². The number of fused-ring (bicyclic) bond motifs is 3. The molecule has 4 aromatic rings. The summed E-state index contributed by atoms with van der Waals surface area (Å²) in [6, 6.07) is 13.4. The van der Waals surface area contributed by atoms with Crippen LogP contribution in [0.1, 0.15) is 38.9 Å². The minimum Gasteiger partial charge on any atom is -0.493 e. The van der Waals surface area contributed by atoms with Crippen LogP contribution in [0.25, 0.3) is 22.4 Å². The van der Waals surface area contributed by atoms with Crippen molar-refractivity contribution in [3.63, 3.8) is 0 Å². The summed E-state index contributed by atoms with van der Waals surface area (Å²) in [4.78, 5) is 26.5. The second kappa shape index (κ2) is 11.3. The third kappa shape index (κ3) is 5.08. The summed E-state index contributed by atoms with van der Waals surface area (Å²) in [7, 11) is 3.14. The molecular formula is C31H29F2N3O5. The van der Waals surface area contributed by atoms with Gasteiger partial charge in [0.1, 0.15) is 11.6 Å². The van der Waals surface area contributed by atoms with E-state index in [2.05, 4.69) is 15.4 Å². The van der Waals surface area contributed by atoms with Crippen molar-refractivity contribution in [1.82, 2.24) is 9.99 Å². The zero-order chi connectivity index (χ0) is 29.3. The number of hydrazine groups is 1. The summed E-state index contributed by atoms with van der Waals surface area (Å²) in [5, 5.41) is 0. The first-order valence-electron chi connectivity index (χ1n) is 13.0. The van der Waals surface area contributed by atoms with Crippen LogP contribution in [-0.4, -0.2) is 37.3 Å². The molecule has 8 nitrogen and oxygen atoms in total. The molecule has 1 aliphatic heterocycles. The van der Waals surface area contributed by atoms with Crippen LogP contribution in [0.15, 0.2) is 54.6 Å². The minimum absolute atomic E-state index is 0.186. The number of hydrogen-bond acceptors (Lipinski definition) is 6. The van der Waals surface area contributed by atoms with Crippen LogP contribution in [0.2, 0.25) is 0 Å². The van der Waals surface area contributed by atoms with E-state index in [0.29, 0.717) is 46.8 Å². The lowest BCUT2D eigenvalue weighted by atomic mass is 9.93. The Hall–Kier alpha value is -4.86. The maximum absolute atomic E-state index is 14.0. The van der Waals surface area contributed by atoms with Gasteiger partial charge in [-0.25, -0.2) is 13.6 Å². The molecule has 212 valence electrons. The number of benzene rings is 3. The highest BCUT2D eigenvalue weighted by atomic mass is 19.1. The molecular weight excluding hydrogens is 532 g/mol. The van der Waals surface area contributed by atoms with Crippen LogP contribution in [0.3, 0.4) is 0 Å². The number of anilines is 1. The highest BCUT2D eigenvalue weighted by Crippen LogP contribution is 2.45. The van der Waals surface area contributed by atoms with Gasteiger partial charge in [-0.05, 0) is 67.8 Å². The second-order valence-corrected chi connectivity index (χ2v) is 9.45. The fraction of sp³-hybridized carbons (Fsp3) is 0.226. The number of carbonyl (C=O) groups excluding carboxylic acids is 2. The van der Waals surface area contributed by atoms with Gasteiger partial charge in [0.05, 0.1) is 37.8 Å². The summed E-state index contributed by atoms with van der Waals surface area (Å²) >= 11 is 0. The van der Waals surface area contributed by atoms with Crippen LogP contribution >= 0.6 is 0 Å². The van der Waals surface area contributed by atoms with E-state index in [4.69, 9.17) is 14.2 Å². The molecule has 0 saturated carbocycles. The van der Waals surface area contributed by atoms with Gasteiger partial charge in [-0.2, -0.15) is 0 Å². The van der Waals surface area contributed by atoms with Gasteiger partial charge in [0.2, 0.25) is 0 Å². The van der Waals surface area contributed by atoms with E-state index in [9.17, 15) is 18.4 Å². The van der Waals surface area contributed by atoms with Gasteiger partial charge < -0.3 is 18.8 Å². The molecule has 1 amide bonds. The van der Waals surface area contributed by atoms with Crippen molar-refractivity contribution < 1.29 is 32.6 Å². The van der Waals surface area contributed by atoms with Gasteiger partial charge in [0.25, 0.3) is 5.91 Å². The Morgan fingerprint density at radius 1 is 1.00 bits per heavy atom. The lowest BCUT2D eigenvalue weighted by molar-refractivity contribution is 0.0528. The number of ether oxygens (including phenoxy) is 3. The summed E-state index contributed by atoms with van der Waals surface area (Å²) in [5.41, 5.74) is 9.90. The summed E-state index contributed by atoms with van der Waals surface area (Å²) in [5.74, 6) is -1.29. The predicted molar refractivity (Wildman–Crippen MR) is 150 cm³/mol. The van der Waals surface area contributed by atoms with Crippen LogP contribution in [0, 0.1) is 18.6 Å². The van der Waals surface area contributed by atoms with Crippen molar-refractivity contribution >= 4 is 17.6 Å². The Kier molecular flexibility index (Phi) is 7.65. The highest BCUT2D eigenvalue weighted by Gasteiger charge is 2.32. The average Bonchev–Trinajstić information content (AvgIpc) is 3.29. The first-order chi connectivity index (χ1) is 19.8. The van der Waals surface area contributed by atoms with Crippen molar-refractivity contribution in [2.75, 3.05) is 26.3 Å². The number of aromatic nitrogens is 1. The van der Waals surface area contributed by atoms with Gasteiger partial charge in [-0.3, -0.25) is 15.6 Å². The van der Waals surface area contributed by atoms with Crippen molar-refractivity contribution in [2.24, 2.45) is 0 Å². The number of methoxy groups -OCH3 is 2. The number of hydrogen-bond donors (Lipinski definition) is 2. The molecule has 10 heteroatoms.